The molecule has 0 bridgehead atoms. The smallest absolute Gasteiger partial charge is 0.172 e. The Morgan fingerprint density at radius 1 is 1.53 bits per heavy atom. The first kappa shape index (κ1) is 14.0. The van der Waals surface area contributed by atoms with E-state index in [1.807, 2.05) is 0 Å². The maximum absolute atomic E-state index is 13.4. The number of carbonyl (C=O) groups excluding carboxylic acids is 1. The van der Waals surface area contributed by atoms with Crippen LogP contribution in [-0.4, -0.2) is 23.9 Å². The van der Waals surface area contributed by atoms with Crippen molar-refractivity contribution in [3.8, 4) is 5.75 Å². The molecule has 0 spiro atoms. The molecule has 0 aliphatic rings. The standard InChI is InChI=1S/C13H17FO2S/c1-4-9(2)17-8-12(15)10-5-6-13(16-3)11(14)7-10/h5-7,9H,4,8H2,1-3H3. The molecule has 1 aromatic carbocycles. The van der Waals surface area contributed by atoms with Gasteiger partial charge in [-0.1, -0.05) is 13.8 Å². The fourth-order valence-corrected chi connectivity index (χ4v) is 2.10. The molecule has 0 fully saturated rings. The van der Waals surface area contributed by atoms with Gasteiger partial charge in [0.05, 0.1) is 12.9 Å². The molecule has 1 atom stereocenters. The van der Waals surface area contributed by atoms with Crippen LogP contribution in [-0.2, 0) is 0 Å². The van der Waals surface area contributed by atoms with Crippen molar-refractivity contribution in [2.75, 3.05) is 12.9 Å². The topological polar surface area (TPSA) is 26.3 Å². The van der Waals surface area contributed by atoms with Crippen molar-refractivity contribution in [2.24, 2.45) is 0 Å². The van der Waals surface area contributed by atoms with Gasteiger partial charge in [-0.05, 0) is 24.6 Å². The highest BCUT2D eigenvalue weighted by Gasteiger charge is 2.11. The van der Waals surface area contributed by atoms with Crippen LogP contribution in [0.5, 0.6) is 5.75 Å². The van der Waals surface area contributed by atoms with Gasteiger partial charge in [0.1, 0.15) is 0 Å². The molecule has 0 aromatic heterocycles. The summed E-state index contributed by atoms with van der Waals surface area (Å²) in [7, 11) is 1.40. The molecule has 17 heavy (non-hydrogen) atoms. The van der Waals surface area contributed by atoms with Crippen LogP contribution in [0.4, 0.5) is 4.39 Å². The summed E-state index contributed by atoms with van der Waals surface area (Å²) in [6.45, 7) is 4.15. The molecule has 0 saturated carbocycles. The van der Waals surface area contributed by atoms with Crippen molar-refractivity contribution in [1.29, 1.82) is 0 Å². The molecule has 0 radical (unpaired) electrons. The lowest BCUT2D eigenvalue weighted by atomic mass is 10.1. The molecule has 0 aliphatic carbocycles. The predicted molar refractivity (Wildman–Crippen MR) is 69.5 cm³/mol. The maximum atomic E-state index is 13.4. The lowest BCUT2D eigenvalue weighted by Crippen LogP contribution is -2.06. The first-order valence-corrected chi connectivity index (χ1v) is 6.61. The molecule has 0 saturated heterocycles. The fraction of sp³-hybridized carbons (Fsp3) is 0.462. The molecule has 1 aromatic rings. The second kappa shape index (κ2) is 6.64. The summed E-state index contributed by atoms with van der Waals surface area (Å²) < 4.78 is 18.2. The average Bonchev–Trinajstić information content (AvgIpc) is 2.35. The van der Waals surface area contributed by atoms with Crippen molar-refractivity contribution < 1.29 is 13.9 Å². The zero-order chi connectivity index (χ0) is 12.8. The van der Waals surface area contributed by atoms with E-state index in [0.29, 0.717) is 16.6 Å². The van der Waals surface area contributed by atoms with E-state index in [1.165, 1.54) is 19.2 Å². The lowest BCUT2D eigenvalue weighted by Gasteiger charge is -2.08. The molecule has 1 rings (SSSR count). The van der Waals surface area contributed by atoms with Gasteiger partial charge in [-0.3, -0.25) is 4.79 Å². The van der Waals surface area contributed by atoms with Gasteiger partial charge in [0, 0.05) is 10.8 Å². The third kappa shape index (κ3) is 4.04. The van der Waals surface area contributed by atoms with Crippen LogP contribution in [0.3, 0.4) is 0 Å². The van der Waals surface area contributed by atoms with Gasteiger partial charge in [0.25, 0.3) is 0 Å². The van der Waals surface area contributed by atoms with E-state index >= 15 is 0 Å². The number of thioether (sulfide) groups is 1. The van der Waals surface area contributed by atoms with E-state index in [4.69, 9.17) is 4.74 Å². The van der Waals surface area contributed by atoms with E-state index in [0.717, 1.165) is 6.42 Å². The molecule has 0 amide bonds. The highest BCUT2D eigenvalue weighted by molar-refractivity contribution is 8.00. The van der Waals surface area contributed by atoms with Crippen LogP contribution in [0, 0.1) is 5.82 Å². The summed E-state index contributed by atoms with van der Waals surface area (Å²) in [5, 5.41) is 0.446. The number of ether oxygens (including phenoxy) is 1. The second-order valence-corrected chi connectivity index (χ2v) is 5.23. The largest absolute Gasteiger partial charge is 0.494 e. The SMILES string of the molecule is CCC(C)SCC(=O)c1ccc(OC)c(F)c1. The Labute approximate surface area is 106 Å². The van der Waals surface area contributed by atoms with Gasteiger partial charge < -0.3 is 4.74 Å². The van der Waals surface area contributed by atoms with Gasteiger partial charge in [0.2, 0.25) is 0 Å². The normalized spacial score (nSPS) is 12.2. The summed E-state index contributed by atoms with van der Waals surface area (Å²) in [6, 6.07) is 4.32. The van der Waals surface area contributed by atoms with Crippen molar-refractivity contribution >= 4 is 17.5 Å². The molecular weight excluding hydrogens is 239 g/mol. The third-order valence-electron chi connectivity index (χ3n) is 2.55. The first-order chi connectivity index (χ1) is 8.08. The molecule has 1 unspecified atom stereocenters. The Morgan fingerprint density at radius 2 is 2.24 bits per heavy atom. The Bertz CT molecular complexity index is 393. The fourth-order valence-electron chi connectivity index (χ4n) is 1.26. The van der Waals surface area contributed by atoms with Gasteiger partial charge in [0.15, 0.2) is 17.3 Å². The number of rotatable bonds is 6. The number of halogens is 1. The first-order valence-electron chi connectivity index (χ1n) is 5.56. The van der Waals surface area contributed by atoms with Crippen LogP contribution >= 0.6 is 11.8 Å². The summed E-state index contributed by atoms with van der Waals surface area (Å²) in [5.74, 6) is 0.0145. The Morgan fingerprint density at radius 3 is 2.76 bits per heavy atom. The predicted octanol–water partition coefficient (Wildman–Crippen LogP) is 3.55. The van der Waals surface area contributed by atoms with Crippen molar-refractivity contribution in [1.82, 2.24) is 0 Å². The van der Waals surface area contributed by atoms with Gasteiger partial charge in [-0.15, -0.1) is 0 Å². The van der Waals surface area contributed by atoms with Crippen LogP contribution in [0.25, 0.3) is 0 Å². The monoisotopic (exact) mass is 256 g/mol. The van der Waals surface area contributed by atoms with Crippen LogP contribution < -0.4 is 4.74 Å². The van der Waals surface area contributed by atoms with E-state index < -0.39 is 5.82 Å². The molecule has 4 heteroatoms. The van der Waals surface area contributed by atoms with Gasteiger partial charge in [-0.25, -0.2) is 4.39 Å². The Kier molecular flexibility index (Phi) is 5.48. The number of hydrogen-bond acceptors (Lipinski definition) is 3. The summed E-state index contributed by atoms with van der Waals surface area (Å²) in [4.78, 5) is 11.8. The zero-order valence-corrected chi connectivity index (χ0v) is 11.1. The van der Waals surface area contributed by atoms with Crippen molar-refractivity contribution in [2.45, 2.75) is 25.5 Å². The highest BCUT2D eigenvalue weighted by atomic mass is 32.2. The van der Waals surface area contributed by atoms with E-state index in [-0.39, 0.29) is 11.5 Å². The number of ketones is 1. The Balaban J connectivity index is 2.66. The highest BCUT2D eigenvalue weighted by Crippen LogP contribution is 2.20. The number of methoxy groups -OCH3 is 1. The van der Waals surface area contributed by atoms with Crippen molar-refractivity contribution in [3.05, 3.63) is 29.6 Å². The van der Waals surface area contributed by atoms with Gasteiger partial charge in [-0.2, -0.15) is 11.8 Å². The van der Waals surface area contributed by atoms with Crippen LogP contribution in [0.15, 0.2) is 18.2 Å². The zero-order valence-electron chi connectivity index (χ0n) is 10.3. The number of benzene rings is 1. The maximum Gasteiger partial charge on any atom is 0.172 e. The minimum absolute atomic E-state index is 0.0446. The van der Waals surface area contributed by atoms with E-state index in [9.17, 15) is 9.18 Å². The van der Waals surface area contributed by atoms with Gasteiger partial charge >= 0.3 is 0 Å². The molecule has 0 N–H and O–H groups in total. The molecule has 2 nitrogen and oxygen atoms in total. The van der Waals surface area contributed by atoms with Crippen LogP contribution in [0.2, 0.25) is 0 Å². The second-order valence-electron chi connectivity index (χ2n) is 3.80. The summed E-state index contributed by atoms with van der Waals surface area (Å²) in [5.41, 5.74) is 0.402. The molecular formula is C13H17FO2S. The van der Waals surface area contributed by atoms with Crippen LogP contribution in [0.1, 0.15) is 30.6 Å². The lowest BCUT2D eigenvalue weighted by molar-refractivity contribution is 0.102. The van der Waals surface area contributed by atoms with E-state index in [2.05, 4.69) is 13.8 Å². The summed E-state index contributed by atoms with van der Waals surface area (Å²) in [6.07, 6.45) is 1.02. The number of carbonyl (C=O) groups is 1. The molecule has 0 aliphatic heterocycles. The minimum Gasteiger partial charge on any atom is -0.494 e. The third-order valence-corrected chi connectivity index (χ3v) is 3.88. The number of Topliss-reactive ketones (excluding diaryl/α,β-unsaturated/α-hetero) is 1. The van der Waals surface area contributed by atoms with Crippen molar-refractivity contribution in [3.63, 3.8) is 0 Å². The molecule has 94 valence electrons. The van der Waals surface area contributed by atoms with E-state index in [1.54, 1.807) is 17.8 Å². The summed E-state index contributed by atoms with van der Waals surface area (Å²) >= 11 is 1.59. The quantitative estimate of drug-likeness (QED) is 0.728. The minimum atomic E-state index is -0.494. The average molecular weight is 256 g/mol. The number of hydrogen-bond donors (Lipinski definition) is 0. The molecule has 0 heterocycles. The Hall–Kier alpha value is -1.03.